The Bertz CT molecular complexity index is 489. The fourth-order valence-corrected chi connectivity index (χ4v) is 1.64. The van der Waals surface area contributed by atoms with Crippen LogP contribution in [0.1, 0.15) is 29.4 Å². The first kappa shape index (κ1) is 12.4. The SMILES string of the molecule is CCC(=O)c1ccc(OCCc2cnc[nH]2)cc1. The van der Waals surface area contributed by atoms with Crippen molar-refractivity contribution in [3.05, 3.63) is 48.0 Å². The molecule has 0 radical (unpaired) electrons. The lowest BCUT2D eigenvalue weighted by atomic mass is 10.1. The van der Waals surface area contributed by atoms with Crippen LogP contribution in [-0.4, -0.2) is 22.4 Å². The third-order valence-corrected chi connectivity index (χ3v) is 2.69. The van der Waals surface area contributed by atoms with Crippen molar-refractivity contribution >= 4 is 5.78 Å². The lowest BCUT2D eigenvalue weighted by Gasteiger charge is -2.05. The minimum atomic E-state index is 0.152. The van der Waals surface area contributed by atoms with E-state index in [9.17, 15) is 4.79 Å². The van der Waals surface area contributed by atoms with Crippen molar-refractivity contribution in [3.63, 3.8) is 0 Å². The molecule has 1 heterocycles. The quantitative estimate of drug-likeness (QED) is 0.795. The number of hydrogen-bond donors (Lipinski definition) is 1. The first-order chi connectivity index (χ1) is 8.79. The Balaban J connectivity index is 1.85. The van der Waals surface area contributed by atoms with Gasteiger partial charge in [0.15, 0.2) is 5.78 Å². The Morgan fingerprint density at radius 2 is 2.11 bits per heavy atom. The summed E-state index contributed by atoms with van der Waals surface area (Å²) in [5, 5.41) is 0. The molecule has 4 nitrogen and oxygen atoms in total. The molecule has 2 rings (SSSR count). The van der Waals surface area contributed by atoms with Crippen LogP contribution in [0.2, 0.25) is 0 Å². The summed E-state index contributed by atoms with van der Waals surface area (Å²) in [6.07, 6.45) is 4.75. The van der Waals surface area contributed by atoms with Crippen molar-refractivity contribution in [2.75, 3.05) is 6.61 Å². The van der Waals surface area contributed by atoms with E-state index in [1.807, 2.05) is 19.1 Å². The van der Waals surface area contributed by atoms with E-state index in [2.05, 4.69) is 9.97 Å². The third-order valence-electron chi connectivity index (χ3n) is 2.69. The minimum absolute atomic E-state index is 0.152. The van der Waals surface area contributed by atoms with Crippen molar-refractivity contribution in [3.8, 4) is 5.75 Å². The van der Waals surface area contributed by atoms with Gasteiger partial charge in [-0.25, -0.2) is 4.98 Å². The molecule has 4 heteroatoms. The number of aromatic amines is 1. The molecule has 0 atom stereocenters. The van der Waals surface area contributed by atoms with Gasteiger partial charge in [0.25, 0.3) is 0 Å². The van der Waals surface area contributed by atoms with Gasteiger partial charge in [0.05, 0.1) is 12.9 Å². The predicted octanol–water partition coefficient (Wildman–Crippen LogP) is 2.62. The van der Waals surface area contributed by atoms with Gasteiger partial charge in [0.1, 0.15) is 5.75 Å². The van der Waals surface area contributed by atoms with Gasteiger partial charge < -0.3 is 9.72 Å². The van der Waals surface area contributed by atoms with Gasteiger partial charge in [0.2, 0.25) is 0 Å². The topological polar surface area (TPSA) is 55.0 Å². The van der Waals surface area contributed by atoms with E-state index >= 15 is 0 Å². The number of imidazole rings is 1. The normalized spacial score (nSPS) is 10.3. The Hall–Kier alpha value is -2.10. The van der Waals surface area contributed by atoms with Gasteiger partial charge >= 0.3 is 0 Å². The summed E-state index contributed by atoms with van der Waals surface area (Å²) in [5.74, 6) is 0.932. The van der Waals surface area contributed by atoms with E-state index in [1.165, 1.54) is 0 Å². The van der Waals surface area contributed by atoms with Gasteiger partial charge in [-0.05, 0) is 24.3 Å². The van der Waals surface area contributed by atoms with Crippen LogP contribution in [0.15, 0.2) is 36.8 Å². The zero-order chi connectivity index (χ0) is 12.8. The number of carbonyl (C=O) groups excluding carboxylic acids is 1. The van der Waals surface area contributed by atoms with Gasteiger partial charge in [0, 0.05) is 30.3 Å². The van der Waals surface area contributed by atoms with Crippen LogP contribution in [0.4, 0.5) is 0 Å². The Kier molecular flexibility index (Phi) is 4.12. The van der Waals surface area contributed by atoms with E-state index in [-0.39, 0.29) is 5.78 Å². The molecule has 94 valence electrons. The highest BCUT2D eigenvalue weighted by Crippen LogP contribution is 2.13. The molecule has 0 aliphatic rings. The monoisotopic (exact) mass is 244 g/mol. The molecule has 0 unspecified atom stereocenters. The van der Waals surface area contributed by atoms with Crippen molar-refractivity contribution in [2.24, 2.45) is 0 Å². The first-order valence-corrected chi connectivity index (χ1v) is 6.03. The highest BCUT2D eigenvalue weighted by molar-refractivity contribution is 5.95. The average molecular weight is 244 g/mol. The standard InChI is InChI=1S/C14H16N2O2/c1-2-14(17)11-3-5-13(6-4-11)18-8-7-12-9-15-10-16-12/h3-6,9-10H,2,7-8H2,1H3,(H,15,16). The Morgan fingerprint density at radius 3 is 2.72 bits per heavy atom. The number of nitrogens with zero attached hydrogens (tertiary/aromatic N) is 1. The molecular formula is C14H16N2O2. The highest BCUT2D eigenvalue weighted by Gasteiger charge is 2.02. The number of hydrogen-bond acceptors (Lipinski definition) is 3. The second-order valence-corrected chi connectivity index (χ2v) is 3.98. The maximum Gasteiger partial charge on any atom is 0.162 e. The number of ether oxygens (including phenoxy) is 1. The number of nitrogens with one attached hydrogen (secondary N) is 1. The molecular weight excluding hydrogens is 228 g/mol. The summed E-state index contributed by atoms with van der Waals surface area (Å²) < 4.78 is 5.59. The zero-order valence-corrected chi connectivity index (χ0v) is 10.3. The van der Waals surface area contributed by atoms with Crippen molar-refractivity contribution in [1.82, 2.24) is 9.97 Å². The van der Waals surface area contributed by atoms with E-state index in [0.717, 1.165) is 23.4 Å². The Morgan fingerprint density at radius 1 is 1.33 bits per heavy atom. The van der Waals surface area contributed by atoms with E-state index < -0.39 is 0 Å². The summed E-state index contributed by atoms with van der Waals surface area (Å²) in [5.41, 5.74) is 1.78. The van der Waals surface area contributed by atoms with E-state index in [0.29, 0.717) is 13.0 Å². The maximum absolute atomic E-state index is 11.4. The molecule has 0 spiro atoms. The minimum Gasteiger partial charge on any atom is -0.493 e. The predicted molar refractivity (Wildman–Crippen MR) is 68.9 cm³/mol. The second-order valence-electron chi connectivity index (χ2n) is 3.98. The maximum atomic E-state index is 11.4. The summed E-state index contributed by atoms with van der Waals surface area (Å²) in [7, 11) is 0. The van der Waals surface area contributed by atoms with Crippen LogP contribution in [-0.2, 0) is 6.42 Å². The molecule has 0 saturated carbocycles. The van der Waals surface area contributed by atoms with Crippen molar-refractivity contribution in [2.45, 2.75) is 19.8 Å². The summed E-state index contributed by atoms with van der Waals surface area (Å²) >= 11 is 0. The van der Waals surface area contributed by atoms with Crippen molar-refractivity contribution in [1.29, 1.82) is 0 Å². The average Bonchev–Trinajstić information content (AvgIpc) is 2.92. The molecule has 1 aromatic carbocycles. The van der Waals surface area contributed by atoms with E-state index in [4.69, 9.17) is 4.74 Å². The Labute approximate surface area is 106 Å². The number of H-pyrrole nitrogens is 1. The first-order valence-electron chi connectivity index (χ1n) is 6.03. The molecule has 0 amide bonds. The fourth-order valence-electron chi connectivity index (χ4n) is 1.64. The number of rotatable bonds is 6. The summed E-state index contributed by atoms with van der Waals surface area (Å²) in [6.45, 7) is 2.44. The molecule has 0 saturated heterocycles. The molecule has 0 fully saturated rings. The van der Waals surface area contributed by atoms with Crippen LogP contribution in [0, 0.1) is 0 Å². The molecule has 0 aliphatic carbocycles. The van der Waals surface area contributed by atoms with Gasteiger partial charge in [-0.15, -0.1) is 0 Å². The second kappa shape index (κ2) is 6.00. The van der Waals surface area contributed by atoms with Crippen LogP contribution in [0.3, 0.4) is 0 Å². The fraction of sp³-hybridized carbons (Fsp3) is 0.286. The lowest BCUT2D eigenvalue weighted by molar-refractivity contribution is 0.0988. The zero-order valence-electron chi connectivity index (χ0n) is 10.3. The lowest BCUT2D eigenvalue weighted by Crippen LogP contribution is -2.02. The molecule has 18 heavy (non-hydrogen) atoms. The van der Waals surface area contributed by atoms with Gasteiger partial charge in [-0.2, -0.15) is 0 Å². The highest BCUT2D eigenvalue weighted by atomic mass is 16.5. The molecule has 1 N–H and O–H groups in total. The van der Waals surface area contributed by atoms with Gasteiger partial charge in [-0.3, -0.25) is 4.79 Å². The van der Waals surface area contributed by atoms with Gasteiger partial charge in [-0.1, -0.05) is 6.92 Å². The summed E-state index contributed by atoms with van der Waals surface area (Å²) in [6, 6.07) is 7.26. The number of benzene rings is 1. The number of aromatic nitrogens is 2. The number of Topliss-reactive ketones (excluding diaryl/α,β-unsaturated/α-hetero) is 1. The van der Waals surface area contributed by atoms with Crippen LogP contribution in [0.25, 0.3) is 0 Å². The number of ketones is 1. The van der Waals surface area contributed by atoms with E-state index in [1.54, 1.807) is 24.7 Å². The molecule has 1 aromatic heterocycles. The van der Waals surface area contributed by atoms with Crippen molar-refractivity contribution < 1.29 is 9.53 Å². The van der Waals surface area contributed by atoms with Crippen LogP contribution < -0.4 is 4.74 Å². The largest absolute Gasteiger partial charge is 0.493 e. The molecule has 2 aromatic rings. The van der Waals surface area contributed by atoms with Crippen LogP contribution >= 0.6 is 0 Å². The third kappa shape index (κ3) is 3.20. The molecule has 0 bridgehead atoms. The molecule has 0 aliphatic heterocycles. The summed E-state index contributed by atoms with van der Waals surface area (Å²) in [4.78, 5) is 18.4. The van der Waals surface area contributed by atoms with Crippen LogP contribution in [0.5, 0.6) is 5.75 Å². The number of carbonyl (C=O) groups is 1. The smallest absolute Gasteiger partial charge is 0.162 e.